The molecule has 5 N–H and O–H groups in total. The number of nitrogens with one attached hydrogen (secondary N) is 4. The van der Waals surface area contributed by atoms with Gasteiger partial charge >= 0.3 is 6.03 Å². The van der Waals surface area contributed by atoms with Crippen molar-refractivity contribution in [2.45, 2.75) is 25.0 Å². The highest BCUT2D eigenvalue weighted by Gasteiger charge is 2.25. The molecule has 2 unspecified atom stereocenters. The SMILES string of the molecule is O=C(Nc1cccc(C(=O)NCC2CNCC2O)c1)NC1CC1. The minimum atomic E-state index is -0.422. The second-order valence-electron chi connectivity index (χ2n) is 6.15. The molecule has 1 aromatic rings. The Kier molecular flexibility index (Phi) is 4.78. The molecular weight excluding hydrogens is 296 g/mol. The molecular formula is C16H22N4O3. The summed E-state index contributed by atoms with van der Waals surface area (Å²) in [6.07, 6.45) is 1.63. The molecule has 0 radical (unpaired) electrons. The average molecular weight is 318 g/mol. The van der Waals surface area contributed by atoms with Gasteiger partial charge in [0.15, 0.2) is 0 Å². The third-order valence-electron chi connectivity index (χ3n) is 4.12. The fraction of sp³-hybridized carbons (Fsp3) is 0.500. The number of anilines is 1. The highest BCUT2D eigenvalue weighted by atomic mass is 16.3. The number of hydrogen-bond donors (Lipinski definition) is 5. The predicted molar refractivity (Wildman–Crippen MR) is 86.3 cm³/mol. The lowest BCUT2D eigenvalue weighted by Crippen LogP contribution is -2.34. The van der Waals surface area contributed by atoms with Gasteiger partial charge in [-0.15, -0.1) is 0 Å². The maximum Gasteiger partial charge on any atom is 0.319 e. The van der Waals surface area contributed by atoms with Crippen molar-refractivity contribution in [2.24, 2.45) is 5.92 Å². The van der Waals surface area contributed by atoms with E-state index in [0.717, 1.165) is 12.8 Å². The largest absolute Gasteiger partial charge is 0.391 e. The van der Waals surface area contributed by atoms with Crippen molar-refractivity contribution < 1.29 is 14.7 Å². The molecule has 1 aliphatic carbocycles. The van der Waals surface area contributed by atoms with Gasteiger partial charge in [0.25, 0.3) is 5.91 Å². The Bertz CT molecular complexity index is 588. The highest BCUT2D eigenvalue weighted by Crippen LogP contribution is 2.19. The summed E-state index contributed by atoms with van der Waals surface area (Å²) in [5.41, 5.74) is 1.06. The number of β-amino-alcohol motifs (C(OH)–C–C–N with tert-alkyl or cyclic N) is 1. The number of amides is 3. The van der Waals surface area contributed by atoms with Crippen LogP contribution in [0.1, 0.15) is 23.2 Å². The van der Waals surface area contributed by atoms with E-state index in [1.807, 2.05) is 0 Å². The van der Waals surface area contributed by atoms with Crippen molar-refractivity contribution in [2.75, 3.05) is 25.0 Å². The van der Waals surface area contributed by atoms with Crippen LogP contribution in [0.5, 0.6) is 0 Å². The molecule has 3 amide bonds. The average Bonchev–Trinajstić information content (AvgIpc) is 3.24. The lowest BCUT2D eigenvalue weighted by atomic mass is 10.1. The summed E-state index contributed by atoms with van der Waals surface area (Å²) in [7, 11) is 0. The van der Waals surface area contributed by atoms with E-state index in [0.29, 0.717) is 30.9 Å². The minimum absolute atomic E-state index is 0.0320. The Labute approximate surface area is 134 Å². The van der Waals surface area contributed by atoms with E-state index in [2.05, 4.69) is 21.3 Å². The number of aliphatic hydroxyl groups is 1. The van der Waals surface area contributed by atoms with Gasteiger partial charge in [0.05, 0.1) is 6.10 Å². The van der Waals surface area contributed by atoms with Gasteiger partial charge in [0.1, 0.15) is 0 Å². The van der Waals surface area contributed by atoms with Crippen molar-refractivity contribution in [3.05, 3.63) is 29.8 Å². The molecule has 1 saturated heterocycles. The Morgan fingerprint density at radius 1 is 1.26 bits per heavy atom. The molecule has 1 heterocycles. The first kappa shape index (κ1) is 15.8. The van der Waals surface area contributed by atoms with Crippen LogP contribution in [0, 0.1) is 5.92 Å². The second-order valence-corrected chi connectivity index (χ2v) is 6.15. The van der Waals surface area contributed by atoms with Gasteiger partial charge in [0, 0.05) is 42.8 Å². The number of benzene rings is 1. The van der Waals surface area contributed by atoms with E-state index in [-0.39, 0.29) is 23.9 Å². The third kappa shape index (κ3) is 4.43. The van der Waals surface area contributed by atoms with Gasteiger partial charge in [-0.25, -0.2) is 4.79 Å². The summed E-state index contributed by atoms with van der Waals surface area (Å²) in [5, 5.41) is 21.2. The molecule has 7 heteroatoms. The van der Waals surface area contributed by atoms with Crippen LogP contribution >= 0.6 is 0 Å². The normalized spacial score (nSPS) is 23.3. The standard InChI is InChI=1S/C16H22N4O3/c21-14-9-17-7-11(14)8-18-15(22)10-2-1-3-13(6-10)20-16(23)19-12-4-5-12/h1-3,6,11-12,14,17,21H,4-5,7-9H2,(H,18,22)(H2,19,20,23). The topological polar surface area (TPSA) is 102 Å². The minimum Gasteiger partial charge on any atom is -0.391 e. The zero-order valence-electron chi connectivity index (χ0n) is 12.8. The lowest BCUT2D eigenvalue weighted by molar-refractivity contribution is 0.0927. The molecule has 23 heavy (non-hydrogen) atoms. The van der Waals surface area contributed by atoms with Crippen LogP contribution in [0.25, 0.3) is 0 Å². The van der Waals surface area contributed by atoms with Crippen LogP contribution in [-0.2, 0) is 0 Å². The van der Waals surface area contributed by atoms with E-state index in [9.17, 15) is 14.7 Å². The van der Waals surface area contributed by atoms with E-state index >= 15 is 0 Å². The quantitative estimate of drug-likeness (QED) is 0.538. The van der Waals surface area contributed by atoms with Crippen LogP contribution in [0.4, 0.5) is 10.5 Å². The Morgan fingerprint density at radius 2 is 2.09 bits per heavy atom. The first-order valence-corrected chi connectivity index (χ1v) is 7.96. The predicted octanol–water partition coefficient (Wildman–Crippen LogP) is 0.281. The molecule has 2 aliphatic rings. The van der Waals surface area contributed by atoms with Crippen LogP contribution in [0.3, 0.4) is 0 Å². The Balaban J connectivity index is 1.53. The van der Waals surface area contributed by atoms with Crippen molar-refractivity contribution in [3.8, 4) is 0 Å². The van der Waals surface area contributed by atoms with E-state index < -0.39 is 6.10 Å². The number of carbonyl (C=O) groups excluding carboxylic acids is 2. The third-order valence-corrected chi connectivity index (χ3v) is 4.12. The van der Waals surface area contributed by atoms with Gasteiger partial charge in [-0.3, -0.25) is 4.79 Å². The second kappa shape index (κ2) is 6.97. The Morgan fingerprint density at radius 3 is 2.78 bits per heavy atom. The summed E-state index contributed by atoms with van der Waals surface area (Å²) < 4.78 is 0. The molecule has 2 fully saturated rings. The fourth-order valence-electron chi connectivity index (χ4n) is 2.57. The van der Waals surface area contributed by atoms with Crippen molar-refractivity contribution >= 4 is 17.6 Å². The number of urea groups is 1. The van der Waals surface area contributed by atoms with Gasteiger partial charge in [-0.2, -0.15) is 0 Å². The van der Waals surface area contributed by atoms with Crippen molar-refractivity contribution in [3.63, 3.8) is 0 Å². The maximum absolute atomic E-state index is 12.2. The molecule has 124 valence electrons. The number of hydrogen-bond acceptors (Lipinski definition) is 4. The molecule has 0 spiro atoms. The van der Waals surface area contributed by atoms with Gasteiger partial charge in [0.2, 0.25) is 0 Å². The maximum atomic E-state index is 12.2. The molecule has 1 aliphatic heterocycles. The van der Waals surface area contributed by atoms with Gasteiger partial charge < -0.3 is 26.4 Å². The van der Waals surface area contributed by atoms with Crippen LogP contribution in [-0.4, -0.2) is 48.8 Å². The van der Waals surface area contributed by atoms with E-state index in [1.54, 1.807) is 24.3 Å². The highest BCUT2D eigenvalue weighted by molar-refractivity contribution is 5.96. The zero-order valence-corrected chi connectivity index (χ0v) is 12.8. The van der Waals surface area contributed by atoms with Crippen LogP contribution in [0.15, 0.2) is 24.3 Å². The molecule has 2 atom stereocenters. The summed E-state index contributed by atoms with van der Waals surface area (Å²) in [6.45, 7) is 1.69. The number of aliphatic hydroxyl groups excluding tert-OH is 1. The van der Waals surface area contributed by atoms with E-state index in [4.69, 9.17) is 0 Å². The summed E-state index contributed by atoms with van der Waals surface area (Å²) in [6, 6.07) is 6.85. The van der Waals surface area contributed by atoms with Crippen LogP contribution < -0.4 is 21.3 Å². The fourth-order valence-corrected chi connectivity index (χ4v) is 2.57. The van der Waals surface area contributed by atoms with Gasteiger partial charge in [-0.05, 0) is 31.0 Å². The van der Waals surface area contributed by atoms with Gasteiger partial charge in [-0.1, -0.05) is 6.07 Å². The molecule has 7 nitrogen and oxygen atoms in total. The molecule has 0 aromatic heterocycles. The van der Waals surface area contributed by atoms with Crippen LogP contribution in [0.2, 0.25) is 0 Å². The summed E-state index contributed by atoms with van der Waals surface area (Å²) in [4.78, 5) is 23.9. The Hall–Kier alpha value is -2.12. The molecule has 3 rings (SSSR count). The number of carbonyl (C=O) groups is 2. The number of rotatable bonds is 5. The van der Waals surface area contributed by atoms with Crippen molar-refractivity contribution in [1.82, 2.24) is 16.0 Å². The van der Waals surface area contributed by atoms with Crippen molar-refractivity contribution in [1.29, 1.82) is 0 Å². The molecule has 0 bridgehead atoms. The molecule has 1 aromatic carbocycles. The first-order chi connectivity index (χ1) is 11.1. The first-order valence-electron chi connectivity index (χ1n) is 7.96. The summed E-state index contributed by atoms with van der Waals surface area (Å²) >= 11 is 0. The summed E-state index contributed by atoms with van der Waals surface area (Å²) in [5.74, 6) is -0.181. The zero-order chi connectivity index (χ0) is 16.2. The monoisotopic (exact) mass is 318 g/mol. The smallest absolute Gasteiger partial charge is 0.319 e. The molecule has 1 saturated carbocycles. The van der Waals surface area contributed by atoms with E-state index in [1.165, 1.54) is 0 Å². The lowest BCUT2D eigenvalue weighted by Gasteiger charge is -2.14.